The molecule has 0 spiro atoms. The van der Waals surface area contributed by atoms with Gasteiger partial charge in [0.1, 0.15) is 0 Å². The Morgan fingerprint density at radius 2 is 1.80 bits per heavy atom. The monoisotopic (exact) mass is 332 g/mol. The minimum absolute atomic E-state index is 0.0583. The Bertz CT molecular complexity index is 922. The molecule has 0 saturated carbocycles. The van der Waals surface area contributed by atoms with Gasteiger partial charge in [0, 0.05) is 23.3 Å². The van der Waals surface area contributed by atoms with Crippen molar-refractivity contribution in [3.8, 4) is 0 Å². The highest BCUT2D eigenvalue weighted by molar-refractivity contribution is 6.14. The third-order valence-electron chi connectivity index (χ3n) is 4.77. The lowest BCUT2D eigenvalue weighted by atomic mass is 9.99. The van der Waals surface area contributed by atoms with Crippen molar-refractivity contribution < 1.29 is 9.90 Å². The zero-order valence-corrected chi connectivity index (χ0v) is 14.0. The SMILES string of the molecule is O=C(c1c2c(nc3ccccc13)CCC2)N(CCO)c1ccccc1. The minimum atomic E-state index is -0.0775. The van der Waals surface area contributed by atoms with Gasteiger partial charge >= 0.3 is 0 Å². The van der Waals surface area contributed by atoms with E-state index >= 15 is 0 Å². The molecule has 4 nitrogen and oxygen atoms in total. The first-order valence-corrected chi connectivity index (χ1v) is 8.68. The number of anilines is 1. The van der Waals surface area contributed by atoms with Gasteiger partial charge in [0.2, 0.25) is 0 Å². The average Bonchev–Trinajstić information content (AvgIpc) is 3.12. The number of hydrogen-bond acceptors (Lipinski definition) is 3. The quantitative estimate of drug-likeness (QED) is 0.797. The molecular weight excluding hydrogens is 312 g/mol. The van der Waals surface area contributed by atoms with E-state index in [4.69, 9.17) is 4.98 Å². The van der Waals surface area contributed by atoms with Crippen LogP contribution in [-0.4, -0.2) is 29.1 Å². The molecule has 0 saturated heterocycles. The highest BCUT2D eigenvalue weighted by Gasteiger charge is 2.27. The van der Waals surface area contributed by atoms with Gasteiger partial charge in [-0.2, -0.15) is 0 Å². The summed E-state index contributed by atoms with van der Waals surface area (Å²) in [6, 6.07) is 17.4. The van der Waals surface area contributed by atoms with Crippen molar-refractivity contribution in [3.05, 3.63) is 71.4 Å². The topological polar surface area (TPSA) is 53.4 Å². The molecule has 0 fully saturated rings. The third kappa shape index (κ3) is 2.79. The smallest absolute Gasteiger partial charge is 0.259 e. The predicted molar refractivity (Wildman–Crippen MR) is 99.0 cm³/mol. The Balaban J connectivity index is 1.89. The average molecular weight is 332 g/mol. The molecule has 1 N–H and O–H groups in total. The zero-order valence-electron chi connectivity index (χ0n) is 14.0. The van der Waals surface area contributed by atoms with Gasteiger partial charge in [0.05, 0.1) is 17.7 Å². The molecule has 3 aromatic rings. The molecule has 1 aliphatic carbocycles. The van der Waals surface area contributed by atoms with Gasteiger partial charge in [-0.05, 0) is 43.0 Å². The van der Waals surface area contributed by atoms with Gasteiger partial charge in [-0.1, -0.05) is 36.4 Å². The predicted octanol–water partition coefficient (Wildman–Crippen LogP) is 3.36. The number of aromatic nitrogens is 1. The number of carbonyl (C=O) groups is 1. The normalized spacial score (nSPS) is 13.0. The minimum Gasteiger partial charge on any atom is -0.395 e. The highest BCUT2D eigenvalue weighted by atomic mass is 16.3. The summed E-state index contributed by atoms with van der Waals surface area (Å²) in [6.45, 7) is 0.195. The second-order valence-corrected chi connectivity index (χ2v) is 6.30. The number of fused-ring (bicyclic) bond motifs is 2. The van der Waals surface area contributed by atoms with Crippen LogP contribution < -0.4 is 4.90 Å². The van der Waals surface area contributed by atoms with Gasteiger partial charge in [0.25, 0.3) is 5.91 Å². The van der Waals surface area contributed by atoms with E-state index in [1.54, 1.807) is 4.90 Å². The van der Waals surface area contributed by atoms with Crippen LogP contribution in [0.4, 0.5) is 5.69 Å². The van der Waals surface area contributed by atoms with E-state index in [0.717, 1.165) is 52.7 Å². The summed E-state index contributed by atoms with van der Waals surface area (Å²) < 4.78 is 0. The number of aliphatic hydroxyl groups excluding tert-OH is 1. The number of pyridine rings is 1. The van der Waals surface area contributed by atoms with Crippen molar-refractivity contribution in [1.82, 2.24) is 4.98 Å². The van der Waals surface area contributed by atoms with E-state index in [1.165, 1.54) is 0 Å². The lowest BCUT2D eigenvalue weighted by Crippen LogP contribution is -2.34. The molecule has 1 amide bonds. The lowest BCUT2D eigenvalue weighted by molar-refractivity contribution is 0.0981. The second-order valence-electron chi connectivity index (χ2n) is 6.30. The van der Waals surface area contributed by atoms with Crippen molar-refractivity contribution >= 4 is 22.5 Å². The molecule has 4 heteroatoms. The number of nitrogens with zero attached hydrogens (tertiary/aromatic N) is 2. The number of aryl methyl sites for hydroxylation is 1. The molecule has 1 heterocycles. The molecule has 126 valence electrons. The molecule has 1 aromatic heterocycles. The van der Waals surface area contributed by atoms with E-state index in [0.29, 0.717) is 0 Å². The number of aliphatic hydroxyl groups is 1. The van der Waals surface area contributed by atoms with Gasteiger partial charge in [-0.3, -0.25) is 9.78 Å². The van der Waals surface area contributed by atoms with Crippen LogP contribution in [0, 0.1) is 0 Å². The maximum atomic E-state index is 13.5. The summed E-state index contributed by atoms with van der Waals surface area (Å²) in [6.07, 6.45) is 2.84. The summed E-state index contributed by atoms with van der Waals surface area (Å²) in [5, 5.41) is 10.4. The van der Waals surface area contributed by atoms with E-state index in [2.05, 4.69) is 0 Å². The van der Waals surface area contributed by atoms with Crippen LogP contribution in [0.3, 0.4) is 0 Å². The van der Waals surface area contributed by atoms with Crippen molar-refractivity contribution in [2.24, 2.45) is 0 Å². The van der Waals surface area contributed by atoms with E-state index in [-0.39, 0.29) is 19.1 Å². The summed E-state index contributed by atoms with van der Waals surface area (Å²) >= 11 is 0. The summed E-state index contributed by atoms with van der Waals surface area (Å²) in [7, 11) is 0. The Morgan fingerprint density at radius 3 is 2.60 bits per heavy atom. The van der Waals surface area contributed by atoms with Crippen LogP contribution in [0.2, 0.25) is 0 Å². The van der Waals surface area contributed by atoms with Crippen LogP contribution in [-0.2, 0) is 12.8 Å². The van der Waals surface area contributed by atoms with Crippen molar-refractivity contribution in [3.63, 3.8) is 0 Å². The standard InChI is InChI=1S/C21H20N2O2/c24-14-13-23(15-7-2-1-3-8-15)21(25)20-16-9-4-5-11-18(16)22-19-12-6-10-17(19)20/h1-5,7-9,11,24H,6,10,12-14H2. The molecule has 2 aromatic carbocycles. The van der Waals surface area contributed by atoms with Crippen LogP contribution in [0.5, 0.6) is 0 Å². The van der Waals surface area contributed by atoms with Gasteiger partial charge in [-0.25, -0.2) is 0 Å². The maximum Gasteiger partial charge on any atom is 0.259 e. The van der Waals surface area contributed by atoms with Crippen LogP contribution >= 0.6 is 0 Å². The van der Waals surface area contributed by atoms with Crippen LogP contribution in [0.15, 0.2) is 54.6 Å². The number of para-hydroxylation sites is 2. The number of benzene rings is 2. The number of rotatable bonds is 4. The first kappa shape index (κ1) is 15.8. The highest BCUT2D eigenvalue weighted by Crippen LogP contribution is 2.31. The molecule has 0 atom stereocenters. The van der Waals surface area contributed by atoms with E-state index in [1.807, 2.05) is 54.6 Å². The Hall–Kier alpha value is -2.72. The Labute approximate surface area is 146 Å². The molecule has 25 heavy (non-hydrogen) atoms. The fraction of sp³-hybridized carbons (Fsp3) is 0.238. The molecule has 0 bridgehead atoms. The van der Waals surface area contributed by atoms with Gasteiger partial charge in [0.15, 0.2) is 0 Å². The number of hydrogen-bond donors (Lipinski definition) is 1. The molecule has 0 radical (unpaired) electrons. The molecule has 0 aliphatic heterocycles. The van der Waals surface area contributed by atoms with E-state index < -0.39 is 0 Å². The van der Waals surface area contributed by atoms with Crippen molar-refractivity contribution in [1.29, 1.82) is 0 Å². The number of amides is 1. The molecule has 1 aliphatic rings. The van der Waals surface area contributed by atoms with Crippen molar-refractivity contribution in [2.45, 2.75) is 19.3 Å². The lowest BCUT2D eigenvalue weighted by Gasteiger charge is -2.24. The third-order valence-corrected chi connectivity index (χ3v) is 4.77. The maximum absolute atomic E-state index is 13.5. The van der Waals surface area contributed by atoms with Gasteiger partial charge in [-0.15, -0.1) is 0 Å². The Morgan fingerprint density at radius 1 is 1.04 bits per heavy atom. The first-order valence-electron chi connectivity index (χ1n) is 8.68. The summed E-state index contributed by atoms with van der Waals surface area (Å²) in [5.74, 6) is -0.0583. The molecular formula is C21H20N2O2. The first-order chi connectivity index (χ1) is 12.3. The van der Waals surface area contributed by atoms with Gasteiger partial charge < -0.3 is 10.0 Å². The summed E-state index contributed by atoms with van der Waals surface area (Å²) in [4.78, 5) is 19.9. The second kappa shape index (κ2) is 6.65. The van der Waals surface area contributed by atoms with Crippen LogP contribution in [0.25, 0.3) is 10.9 Å². The fourth-order valence-corrected chi connectivity index (χ4v) is 3.65. The Kier molecular flexibility index (Phi) is 4.20. The fourth-order valence-electron chi connectivity index (χ4n) is 3.65. The van der Waals surface area contributed by atoms with Crippen LogP contribution in [0.1, 0.15) is 28.0 Å². The number of carbonyl (C=O) groups excluding carboxylic acids is 1. The largest absolute Gasteiger partial charge is 0.395 e. The van der Waals surface area contributed by atoms with Crippen molar-refractivity contribution in [2.75, 3.05) is 18.1 Å². The summed E-state index contributed by atoms with van der Waals surface area (Å²) in [5.41, 5.74) is 4.52. The zero-order chi connectivity index (χ0) is 17.2. The molecule has 0 unspecified atom stereocenters. The van der Waals surface area contributed by atoms with E-state index in [9.17, 15) is 9.90 Å². The molecule has 4 rings (SSSR count).